The number of aromatic nitrogens is 1. The normalized spacial score (nSPS) is 10.1. The van der Waals surface area contributed by atoms with Crippen molar-refractivity contribution >= 4 is 21.7 Å². The van der Waals surface area contributed by atoms with Crippen LogP contribution in [0.2, 0.25) is 0 Å². The second-order valence-electron chi connectivity index (χ2n) is 2.92. The molecule has 0 saturated carbocycles. The van der Waals surface area contributed by atoms with Gasteiger partial charge in [0.15, 0.2) is 0 Å². The molecular weight excluding hydrogens is 240 g/mol. The van der Waals surface area contributed by atoms with Gasteiger partial charge < -0.3 is 5.73 Å². The predicted octanol–water partition coefficient (Wildman–Crippen LogP) is 3.09. The summed E-state index contributed by atoms with van der Waals surface area (Å²) >= 11 is 3.43. The third-order valence-electron chi connectivity index (χ3n) is 2.00. The number of hydrogen-bond acceptors (Lipinski definition) is 2. The minimum Gasteiger partial charge on any atom is -0.383 e. The molecule has 3 heteroatoms. The van der Waals surface area contributed by atoms with Crippen LogP contribution < -0.4 is 5.73 Å². The van der Waals surface area contributed by atoms with E-state index in [1.807, 2.05) is 36.4 Å². The van der Waals surface area contributed by atoms with Crippen molar-refractivity contribution in [1.29, 1.82) is 0 Å². The number of nitrogens with zero attached hydrogens (tertiary/aromatic N) is 1. The van der Waals surface area contributed by atoms with Crippen molar-refractivity contribution < 1.29 is 0 Å². The topological polar surface area (TPSA) is 38.9 Å². The molecule has 0 saturated heterocycles. The first kappa shape index (κ1) is 9.21. The lowest BCUT2D eigenvalue weighted by Crippen LogP contribution is -1.92. The van der Waals surface area contributed by atoms with E-state index >= 15 is 0 Å². The van der Waals surface area contributed by atoms with E-state index in [0.717, 1.165) is 15.6 Å². The summed E-state index contributed by atoms with van der Waals surface area (Å²) in [6.07, 6.45) is 1.71. The van der Waals surface area contributed by atoms with Gasteiger partial charge in [-0.1, -0.05) is 30.3 Å². The van der Waals surface area contributed by atoms with Crippen LogP contribution in [-0.4, -0.2) is 4.98 Å². The number of rotatable bonds is 1. The summed E-state index contributed by atoms with van der Waals surface area (Å²) in [7, 11) is 0. The molecule has 0 aliphatic rings. The highest BCUT2D eigenvalue weighted by Gasteiger charge is 2.05. The molecule has 14 heavy (non-hydrogen) atoms. The molecule has 0 spiro atoms. The minimum absolute atomic E-state index is 0.520. The molecule has 2 N–H and O–H groups in total. The Kier molecular flexibility index (Phi) is 2.50. The molecule has 0 aliphatic heterocycles. The first-order chi connectivity index (χ1) is 6.79. The van der Waals surface area contributed by atoms with Gasteiger partial charge in [-0.25, -0.2) is 4.98 Å². The Morgan fingerprint density at radius 1 is 1.07 bits per heavy atom. The highest BCUT2D eigenvalue weighted by molar-refractivity contribution is 9.10. The second kappa shape index (κ2) is 3.80. The molecule has 0 fully saturated rings. The van der Waals surface area contributed by atoms with Crippen LogP contribution in [-0.2, 0) is 0 Å². The van der Waals surface area contributed by atoms with Gasteiger partial charge in [-0.15, -0.1) is 0 Å². The third kappa shape index (κ3) is 1.63. The molecule has 0 aliphatic carbocycles. The van der Waals surface area contributed by atoms with Crippen molar-refractivity contribution in [2.75, 3.05) is 5.73 Å². The summed E-state index contributed by atoms with van der Waals surface area (Å²) in [5, 5.41) is 0. The Morgan fingerprint density at radius 3 is 2.50 bits per heavy atom. The van der Waals surface area contributed by atoms with E-state index in [0.29, 0.717) is 5.82 Å². The summed E-state index contributed by atoms with van der Waals surface area (Å²) in [6, 6.07) is 12.0. The van der Waals surface area contributed by atoms with Crippen LogP contribution in [0.1, 0.15) is 0 Å². The highest BCUT2D eigenvalue weighted by atomic mass is 79.9. The van der Waals surface area contributed by atoms with Crippen molar-refractivity contribution in [2.45, 2.75) is 0 Å². The van der Waals surface area contributed by atoms with E-state index in [2.05, 4.69) is 20.9 Å². The van der Waals surface area contributed by atoms with Crippen molar-refractivity contribution in [3.05, 3.63) is 47.1 Å². The summed E-state index contributed by atoms with van der Waals surface area (Å²) in [5.74, 6) is 0.520. The summed E-state index contributed by atoms with van der Waals surface area (Å²) in [5.41, 5.74) is 7.90. The van der Waals surface area contributed by atoms with Gasteiger partial charge >= 0.3 is 0 Å². The third-order valence-corrected chi connectivity index (χ3v) is 2.83. The van der Waals surface area contributed by atoms with Crippen molar-refractivity contribution in [1.82, 2.24) is 4.98 Å². The Hall–Kier alpha value is -1.35. The highest BCUT2D eigenvalue weighted by Crippen LogP contribution is 2.30. The molecular formula is C11H9BrN2. The number of benzene rings is 1. The number of anilines is 1. The Bertz CT molecular complexity index is 440. The van der Waals surface area contributed by atoms with Crippen LogP contribution in [0.15, 0.2) is 47.1 Å². The number of nitrogen functional groups attached to an aromatic ring is 1. The van der Waals surface area contributed by atoms with E-state index in [1.165, 1.54) is 0 Å². The number of hydrogen-bond donors (Lipinski definition) is 1. The monoisotopic (exact) mass is 248 g/mol. The van der Waals surface area contributed by atoms with Crippen LogP contribution in [0.3, 0.4) is 0 Å². The zero-order valence-corrected chi connectivity index (χ0v) is 9.03. The van der Waals surface area contributed by atoms with Crippen molar-refractivity contribution in [2.24, 2.45) is 0 Å². The second-order valence-corrected chi connectivity index (χ2v) is 3.72. The van der Waals surface area contributed by atoms with Crippen LogP contribution in [0.5, 0.6) is 0 Å². The van der Waals surface area contributed by atoms with Crippen molar-refractivity contribution in [3.63, 3.8) is 0 Å². The van der Waals surface area contributed by atoms with Crippen LogP contribution >= 0.6 is 15.9 Å². The first-order valence-electron chi connectivity index (χ1n) is 4.24. The van der Waals surface area contributed by atoms with Gasteiger partial charge in [0.2, 0.25) is 0 Å². The standard InChI is InChI=1S/C11H9BrN2/c12-10-9(6-7-14-11(10)13)8-4-2-1-3-5-8/h1-7H,(H2,13,14). The van der Waals surface area contributed by atoms with E-state index in [-0.39, 0.29) is 0 Å². The fourth-order valence-corrected chi connectivity index (χ4v) is 1.76. The molecule has 70 valence electrons. The first-order valence-corrected chi connectivity index (χ1v) is 5.04. The zero-order valence-electron chi connectivity index (χ0n) is 7.44. The molecule has 2 rings (SSSR count). The van der Waals surface area contributed by atoms with Gasteiger partial charge in [0.1, 0.15) is 5.82 Å². The van der Waals surface area contributed by atoms with Gasteiger partial charge in [0, 0.05) is 11.8 Å². The van der Waals surface area contributed by atoms with Gasteiger partial charge in [-0.05, 0) is 27.6 Å². The van der Waals surface area contributed by atoms with Crippen LogP contribution in [0.4, 0.5) is 5.82 Å². The Balaban J connectivity index is 2.58. The molecule has 0 unspecified atom stereocenters. The van der Waals surface area contributed by atoms with Gasteiger partial charge in [-0.2, -0.15) is 0 Å². The smallest absolute Gasteiger partial charge is 0.138 e. The average Bonchev–Trinajstić information content (AvgIpc) is 2.23. The van der Waals surface area contributed by atoms with E-state index in [4.69, 9.17) is 5.73 Å². The van der Waals surface area contributed by atoms with Crippen LogP contribution in [0.25, 0.3) is 11.1 Å². The van der Waals surface area contributed by atoms with Gasteiger partial charge in [0.25, 0.3) is 0 Å². The number of nitrogens with two attached hydrogens (primary N) is 1. The Labute approximate surface area is 90.9 Å². The van der Waals surface area contributed by atoms with E-state index in [9.17, 15) is 0 Å². The zero-order chi connectivity index (χ0) is 9.97. The lowest BCUT2D eigenvalue weighted by Gasteiger charge is -2.05. The molecule has 1 aromatic carbocycles. The molecule has 2 aromatic rings. The molecule has 2 nitrogen and oxygen atoms in total. The molecule has 0 amide bonds. The molecule has 0 bridgehead atoms. The molecule has 0 atom stereocenters. The maximum absolute atomic E-state index is 5.70. The SMILES string of the molecule is Nc1nccc(-c2ccccc2)c1Br. The quantitative estimate of drug-likeness (QED) is 0.843. The summed E-state index contributed by atoms with van der Waals surface area (Å²) in [6.45, 7) is 0. The fraction of sp³-hybridized carbons (Fsp3) is 0. The van der Waals surface area contributed by atoms with Gasteiger partial charge in [0.05, 0.1) is 4.47 Å². The predicted molar refractivity (Wildman–Crippen MR) is 61.8 cm³/mol. The van der Waals surface area contributed by atoms with E-state index in [1.54, 1.807) is 6.20 Å². The maximum atomic E-state index is 5.70. The Morgan fingerprint density at radius 2 is 1.79 bits per heavy atom. The summed E-state index contributed by atoms with van der Waals surface area (Å²) < 4.78 is 0.853. The average molecular weight is 249 g/mol. The van der Waals surface area contributed by atoms with Crippen molar-refractivity contribution in [3.8, 4) is 11.1 Å². The maximum Gasteiger partial charge on any atom is 0.138 e. The largest absolute Gasteiger partial charge is 0.383 e. The van der Waals surface area contributed by atoms with Gasteiger partial charge in [-0.3, -0.25) is 0 Å². The molecule has 0 radical (unpaired) electrons. The lowest BCUT2D eigenvalue weighted by atomic mass is 10.1. The fourth-order valence-electron chi connectivity index (χ4n) is 1.30. The molecule has 1 aromatic heterocycles. The molecule has 1 heterocycles. The lowest BCUT2D eigenvalue weighted by molar-refractivity contribution is 1.32. The summed E-state index contributed by atoms with van der Waals surface area (Å²) in [4.78, 5) is 4.00. The van der Waals surface area contributed by atoms with E-state index < -0.39 is 0 Å². The minimum atomic E-state index is 0.520. The van der Waals surface area contributed by atoms with Crippen LogP contribution in [0, 0.1) is 0 Å². The number of pyridine rings is 1. The number of halogens is 1.